The Hall–Kier alpha value is -0.610. The van der Waals surface area contributed by atoms with Crippen molar-refractivity contribution in [2.75, 3.05) is 6.54 Å². The Balaban J connectivity index is 1.96. The van der Waals surface area contributed by atoms with Crippen molar-refractivity contribution in [1.29, 1.82) is 0 Å². The minimum atomic E-state index is 0.121. The van der Waals surface area contributed by atoms with Gasteiger partial charge < -0.3 is 16.4 Å². The van der Waals surface area contributed by atoms with E-state index in [1.54, 1.807) is 0 Å². The summed E-state index contributed by atoms with van der Waals surface area (Å²) >= 11 is 0. The highest BCUT2D eigenvalue weighted by Gasteiger charge is 2.24. The molecule has 1 amide bonds. The summed E-state index contributed by atoms with van der Waals surface area (Å²) in [7, 11) is 0. The van der Waals surface area contributed by atoms with Crippen LogP contribution in [-0.2, 0) is 4.79 Å². The summed E-state index contributed by atoms with van der Waals surface area (Å²) in [5.41, 5.74) is 5.65. The third-order valence-corrected chi connectivity index (χ3v) is 2.41. The summed E-state index contributed by atoms with van der Waals surface area (Å²) in [6.45, 7) is 4.70. The predicted octanol–water partition coefficient (Wildman–Crippen LogP) is -0.0196. The number of hydrogen-bond acceptors (Lipinski definition) is 3. The number of amides is 1. The minimum Gasteiger partial charge on any atom is -0.354 e. The largest absolute Gasteiger partial charge is 0.354 e. The van der Waals surface area contributed by atoms with Gasteiger partial charge in [-0.2, -0.15) is 0 Å². The second kappa shape index (κ2) is 5.32. The molecule has 4 N–H and O–H groups in total. The van der Waals surface area contributed by atoms with Gasteiger partial charge in [-0.15, -0.1) is 0 Å². The summed E-state index contributed by atoms with van der Waals surface area (Å²) in [5, 5.41) is 6.17. The van der Waals surface area contributed by atoms with E-state index in [0.29, 0.717) is 18.5 Å². The maximum absolute atomic E-state index is 11.2. The molecule has 4 heteroatoms. The maximum Gasteiger partial charge on any atom is 0.221 e. The zero-order valence-electron chi connectivity index (χ0n) is 9.05. The van der Waals surface area contributed by atoms with Gasteiger partial charge in [0.25, 0.3) is 0 Å². The fourth-order valence-corrected chi connectivity index (χ4v) is 1.61. The van der Waals surface area contributed by atoms with E-state index in [9.17, 15) is 4.79 Å². The van der Waals surface area contributed by atoms with Crippen molar-refractivity contribution in [3.63, 3.8) is 0 Å². The molecule has 1 saturated carbocycles. The topological polar surface area (TPSA) is 67.2 Å². The number of nitrogens with one attached hydrogen (secondary N) is 2. The van der Waals surface area contributed by atoms with Gasteiger partial charge >= 0.3 is 0 Å². The molecule has 1 fully saturated rings. The first-order chi connectivity index (χ1) is 6.58. The first kappa shape index (κ1) is 11.5. The summed E-state index contributed by atoms with van der Waals surface area (Å²) in [6, 6.07) is 1.15. The number of hydrogen-bond donors (Lipinski definition) is 3. The van der Waals surface area contributed by atoms with E-state index in [2.05, 4.69) is 10.6 Å². The van der Waals surface area contributed by atoms with E-state index in [1.807, 2.05) is 13.8 Å². The molecule has 1 aliphatic rings. The average molecular weight is 199 g/mol. The molecule has 0 atom stereocenters. The van der Waals surface area contributed by atoms with E-state index < -0.39 is 0 Å². The van der Waals surface area contributed by atoms with Gasteiger partial charge in [0, 0.05) is 31.1 Å². The normalized spacial score (nSPS) is 26.0. The van der Waals surface area contributed by atoms with Crippen LogP contribution in [-0.4, -0.2) is 30.6 Å². The lowest BCUT2D eigenvalue weighted by Crippen LogP contribution is -2.49. The van der Waals surface area contributed by atoms with E-state index >= 15 is 0 Å². The lowest BCUT2D eigenvalue weighted by Gasteiger charge is -2.33. The number of nitrogens with two attached hydrogens (primary N) is 1. The monoisotopic (exact) mass is 199 g/mol. The molecule has 0 aromatic rings. The zero-order valence-corrected chi connectivity index (χ0v) is 9.05. The van der Waals surface area contributed by atoms with Crippen molar-refractivity contribution in [1.82, 2.24) is 10.6 Å². The van der Waals surface area contributed by atoms with Crippen LogP contribution in [0.15, 0.2) is 0 Å². The van der Waals surface area contributed by atoms with E-state index in [1.165, 1.54) is 0 Å². The maximum atomic E-state index is 11.2. The summed E-state index contributed by atoms with van der Waals surface area (Å²) in [4.78, 5) is 11.2. The molecular formula is C10H21N3O. The molecule has 1 rings (SSSR count). The van der Waals surface area contributed by atoms with Crippen LogP contribution in [0.5, 0.6) is 0 Å². The smallest absolute Gasteiger partial charge is 0.221 e. The minimum absolute atomic E-state index is 0.121. The zero-order chi connectivity index (χ0) is 10.6. The van der Waals surface area contributed by atoms with Crippen LogP contribution >= 0.6 is 0 Å². The lowest BCUT2D eigenvalue weighted by atomic mass is 9.88. The first-order valence-electron chi connectivity index (χ1n) is 5.36. The Morgan fingerprint density at radius 1 is 1.50 bits per heavy atom. The molecular weight excluding hydrogens is 178 g/mol. The fraction of sp³-hybridized carbons (Fsp3) is 0.900. The molecule has 0 bridgehead atoms. The van der Waals surface area contributed by atoms with Crippen molar-refractivity contribution >= 4 is 5.91 Å². The van der Waals surface area contributed by atoms with Crippen LogP contribution in [0, 0.1) is 0 Å². The first-order valence-corrected chi connectivity index (χ1v) is 5.36. The van der Waals surface area contributed by atoms with Crippen molar-refractivity contribution in [3.05, 3.63) is 0 Å². The summed E-state index contributed by atoms with van der Waals surface area (Å²) < 4.78 is 0. The molecule has 4 nitrogen and oxygen atoms in total. The number of carbonyl (C=O) groups is 1. The highest BCUT2D eigenvalue weighted by atomic mass is 16.1. The average Bonchev–Trinajstić information content (AvgIpc) is 1.99. The number of rotatable bonds is 5. The third-order valence-electron chi connectivity index (χ3n) is 2.41. The van der Waals surface area contributed by atoms with Gasteiger partial charge in [-0.25, -0.2) is 0 Å². The predicted molar refractivity (Wildman–Crippen MR) is 56.9 cm³/mol. The van der Waals surface area contributed by atoms with Crippen LogP contribution in [0.3, 0.4) is 0 Å². The van der Waals surface area contributed by atoms with Gasteiger partial charge in [-0.1, -0.05) is 0 Å². The second-order valence-corrected chi connectivity index (χ2v) is 4.35. The van der Waals surface area contributed by atoms with Gasteiger partial charge in [-0.3, -0.25) is 4.79 Å². The number of carbonyl (C=O) groups excluding carboxylic acids is 1. The standard InChI is InChI=1S/C10H21N3O/c1-7(2)13-10(14)3-4-12-9-5-8(11)6-9/h7-9,12H,3-6,11H2,1-2H3,(H,13,14). The molecule has 0 saturated heterocycles. The molecule has 0 unspecified atom stereocenters. The van der Waals surface area contributed by atoms with E-state index in [0.717, 1.165) is 19.4 Å². The van der Waals surface area contributed by atoms with Gasteiger partial charge in [-0.05, 0) is 26.7 Å². The van der Waals surface area contributed by atoms with Crippen LogP contribution in [0.2, 0.25) is 0 Å². The Labute approximate surface area is 85.6 Å². The van der Waals surface area contributed by atoms with Crippen LogP contribution in [0.25, 0.3) is 0 Å². The van der Waals surface area contributed by atoms with Crippen molar-refractivity contribution in [2.24, 2.45) is 5.73 Å². The van der Waals surface area contributed by atoms with Crippen molar-refractivity contribution < 1.29 is 4.79 Å². The van der Waals surface area contributed by atoms with Gasteiger partial charge in [0.1, 0.15) is 0 Å². The van der Waals surface area contributed by atoms with Gasteiger partial charge in [0.15, 0.2) is 0 Å². The molecule has 14 heavy (non-hydrogen) atoms. The van der Waals surface area contributed by atoms with Crippen LogP contribution in [0.4, 0.5) is 0 Å². The third kappa shape index (κ3) is 4.07. The molecule has 0 aromatic carbocycles. The fourth-order valence-electron chi connectivity index (χ4n) is 1.61. The molecule has 0 spiro atoms. The molecule has 0 radical (unpaired) electrons. The van der Waals surface area contributed by atoms with Crippen molar-refractivity contribution in [3.8, 4) is 0 Å². The Bertz CT molecular complexity index is 188. The van der Waals surface area contributed by atoms with Gasteiger partial charge in [0.05, 0.1) is 0 Å². The van der Waals surface area contributed by atoms with E-state index in [4.69, 9.17) is 5.73 Å². The Morgan fingerprint density at radius 3 is 2.64 bits per heavy atom. The van der Waals surface area contributed by atoms with E-state index in [-0.39, 0.29) is 11.9 Å². The molecule has 1 aliphatic carbocycles. The quantitative estimate of drug-likeness (QED) is 0.583. The summed E-state index contributed by atoms with van der Waals surface area (Å²) in [6.07, 6.45) is 2.65. The van der Waals surface area contributed by atoms with Crippen LogP contribution < -0.4 is 16.4 Å². The highest BCUT2D eigenvalue weighted by molar-refractivity contribution is 5.76. The molecule has 0 heterocycles. The SMILES string of the molecule is CC(C)NC(=O)CCNC1CC(N)C1. The molecule has 0 aliphatic heterocycles. The Kier molecular flexibility index (Phi) is 4.35. The van der Waals surface area contributed by atoms with Crippen molar-refractivity contribution in [2.45, 2.75) is 51.2 Å². The molecule has 82 valence electrons. The van der Waals surface area contributed by atoms with Crippen LogP contribution in [0.1, 0.15) is 33.1 Å². The summed E-state index contributed by atoms with van der Waals surface area (Å²) in [5.74, 6) is 0.121. The molecule has 0 aromatic heterocycles. The highest BCUT2D eigenvalue weighted by Crippen LogP contribution is 2.16. The second-order valence-electron chi connectivity index (χ2n) is 4.35. The Morgan fingerprint density at radius 2 is 2.14 bits per heavy atom. The lowest BCUT2D eigenvalue weighted by molar-refractivity contribution is -0.121. The van der Waals surface area contributed by atoms with Gasteiger partial charge in [0.2, 0.25) is 5.91 Å².